The highest BCUT2D eigenvalue weighted by molar-refractivity contribution is 6.28. The molecule has 0 saturated carbocycles. The van der Waals surface area contributed by atoms with Gasteiger partial charge in [0, 0.05) is 43.4 Å². The number of nitrogens with zero attached hydrogens (tertiary/aromatic N) is 5. The predicted molar refractivity (Wildman–Crippen MR) is 193 cm³/mol. The fourth-order valence-corrected chi connectivity index (χ4v) is 5.86. The number of urea groups is 1. The number of aliphatic hydroxyl groups is 2. The Morgan fingerprint density at radius 2 is 1.87 bits per heavy atom. The van der Waals surface area contributed by atoms with Crippen molar-refractivity contribution in [2.24, 2.45) is 0 Å². The SMILES string of the molecule is C#C[C@@H](O)[C@@H](O[C@@H](CO)COC(Cc1ccc(N2CCCNC2=O)cc1)(C(=O)O)C(=O)O)n1cnc2c(NCc3ccc(OC)cc3OC)nc(Cl)nc21. The molecule has 1 aliphatic rings. The minimum absolute atomic E-state index is 0.0620. The molecule has 0 aliphatic carbocycles. The van der Waals surface area contributed by atoms with Crippen molar-refractivity contribution in [3.05, 3.63) is 65.2 Å². The highest BCUT2D eigenvalue weighted by Gasteiger charge is 2.49. The molecule has 3 atom stereocenters. The number of carboxylic acid groups (broad SMARTS) is 2. The van der Waals surface area contributed by atoms with Crippen LogP contribution in [0.1, 0.15) is 23.8 Å². The van der Waals surface area contributed by atoms with Crippen LogP contribution in [0.5, 0.6) is 11.5 Å². The number of terminal acetylenes is 1. The number of halogens is 1. The Hall–Kier alpha value is -5.71. The summed E-state index contributed by atoms with van der Waals surface area (Å²) in [6.45, 7) is -0.336. The number of imidazole rings is 1. The molecule has 1 saturated heterocycles. The Morgan fingerprint density at radius 3 is 2.50 bits per heavy atom. The van der Waals surface area contributed by atoms with Crippen LogP contribution < -0.4 is 25.0 Å². The van der Waals surface area contributed by atoms with Crippen LogP contribution >= 0.6 is 11.6 Å². The molecule has 18 nitrogen and oxygen atoms in total. The smallest absolute Gasteiger partial charge is 0.348 e. The lowest BCUT2D eigenvalue weighted by molar-refractivity contribution is -0.195. The minimum atomic E-state index is -2.82. The van der Waals surface area contributed by atoms with Crippen LogP contribution in [-0.4, -0.2) is 116 Å². The Morgan fingerprint density at radius 1 is 1.13 bits per heavy atom. The van der Waals surface area contributed by atoms with Gasteiger partial charge in [-0.1, -0.05) is 18.1 Å². The Bertz CT molecular complexity index is 2010. The Kier molecular flexibility index (Phi) is 12.7. The molecule has 0 radical (unpaired) electrons. The largest absolute Gasteiger partial charge is 0.497 e. The number of anilines is 2. The number of nitrogens with one attached hydrogen (secondary N) is 2. The van der Waals surface area contributed by atoms with Gasteiger partial charge in [-0.15, -0.1) is 6.42 Å². The van der Waals surface area contributed by atoms with Crippen LogP contribution in [0.25, 0.3) is 11.2 Å². The molecule has 2 aromatic heterocycles. The predicted octanol–water partition coefficient (Wildman–Crippen LogP) is 2.07. The van der Waals surface area contributed by atoms with Crippen LogP contribution in [0, 0.1) is 12.3 Å². The lowest BCUT2D eigenvalue weighted by atomic mass is 9.94. The molecule has 0 spiro atoms. The first-order valence-corrected chi connectivity index (χ1v) is 16.8. The van der Waals surface area contributed by atoms with Gasteiger partial charge in [0.15, 0.2) is 29.3 Å². The average molecular weight is 768 g/mol. The number of amides is 2. The molecule has 4 aromatic rings. The van der Waals surface area contributed by atoms with Crippen molar-refractivity contribution in [1.29, 1.82) is 0 Å². The number of carbonyl (C=O) groups excluding carboxylic acids is 1. The van der Waals surface area contributed by atoms with Crippen LogP contribution in [-0.2, 0) is 32.0 Å². The topological polar surface area (TPSA) is 240 Å². The van der Waals surface area contributed by atoms with Gasteiger partial charge in [0.05, 0.1) is 33.8 Å². The van der Waals surface area contributed by atoms with Gasteiger partial charge >= 0.3 is 18.0 Å². The van der Waals surface area contributed by atoms with Gasteiger partial charge in [-0.2, -0.15) is 9.97 Å². The lowest BCUT2D eigenvalue weighted by Crippen LogP contribution is -2.52. The number of carboxylic acids is 2. The summed E-state index contributed by atoms with van der Waals surface area (Å²) in [6.07, 6.45) is 2.28. The summed E-state index contributed by atoms with van der Waals surface area (Å²) in [5.41, 5.74) is -0.997. The molecule has 54 heavy (non-hydrogen) atoms. The van der Waals surface area contributed by atoms with Crippen molar-refractivity contribution < 1.29 is 53.8 Å². The summed E-state index contributed by atoms with van der Waals surface area (Å²) in [5.74, 6) is -0.138. The third-order valence-corrected chi connectivity index (χ3v) is 8.74. The summed E-state index contributed by atoms with van der Waals surface area (Å²) in [4.78, 5) is 51.6. The fourth-order valence-electron chi connectivity index (χ4n) is 5.69. The number of rotatable bonds is 18. The number of ether oxygens (including phenoxy) is 4. The van der Waals surface area contributed by atoms with E-state index in [0.717, 1.165) is 12.0 Å². The van der Waals surface area contributed by atoms with Crippen molar-refractivity contribution in [3.8, 4) is 23.8 Å². The van der Waals surface area contributed by atoms with E-state index in [1.807, 2.05) is 0 Å². The number of hydrogen-bond donors (Lipinski definition) is 6. The number of hydrogen-bond acceptors (Lipinski definition) is 13. The van der Waals surface area contributed by atoms with Gasteiger partial charge in [-0.05, 0) is 47.9 Å². The zero-order valence-electron chi connectivity index (χ0n) is 29.1. The van der Waals surface area contributed by atoms with Crippen LogP contribution in [0.2, 0.25) is 5.28 Å². The standard InChI is InChI=1S/C35H38ClN7O11/c1-4-25(45)30(43-19-39-27-28(40-33(36)41-29(27)43)38-16-21-8-11-23(51-2)14-26(21)52-3)54-24(17-44)18-53-35(31(46)47,32(48)49)15-20-6-9-22(10-7-20)42-13-5-12-37-34(42)50/h1,6-11,14,19,24-25,30,44-45H,5,12-13,15-18H2,2-3H3,(H,37,50)(H,46,47)(H,48,49)(H,38,40,41)/t24-,25+,30+/m0/s1. The monoisotopic (exact) mass is 767 g/mol. The van der Waals surface area contributed by atoms with Gasteiger partial charge in [0.25, 0.3) is 5.60 Å². The van der Waals surface area contributed by atoms with Gasteiger partial charge in [-0.25, -0.2) is 19.4 Å². The highest BCUT2D eigenvalue weighted by Crippen LogP contribution is 2.30. The summed E-state index contributed by atoms with van der Waals surface area (Å²) < 4.78 is 23.4. The molecule has 0 bridgehead atoms. The van der Waals surface area contributed by atoms with Crippen molar-refractivity contribution >= 4 is 52.2 Å². The van der Waals surface area contributed by atoms with Crippen molar-refractivity contribution in [2.45, 2.75) is 43.4 Å². The summed E-state index contributed by atoms with van der Waals surface area (Å²) in [5, 5.41) is 47.0. The Labute approximate surface area is 313 Å². The van der Waals surface area contributed by atoms with Gasteiger partial charge in [-0.3, -0.25) is 9.47 Å². The molecule has 1 fully saturated rings. The maximum Gasteiger partial charge on any atom is 0.348 e. The van der Waals surface area contributed by atoms with Crippen LogP contribution in [0.15, 0.2) is 48.8 Å². The third-order valence-electron chi connectivity index (χ3n) is 8.57. The van der Waals surface area contributed by atoms with E-state index in [1.54, 1.807) is 30.3 Å². The molecule has 1 aliphatic heterocycles. The van der Waals surface area contributed by atoms with Gasteiger partial charge in [0.1, 0.15) is 17.6 Å². The quantitative estimate of drug-likeness (QED) is 0.0483. The number of aliphatic carboxylic acids is 2. The molecule has 5 rings (SSSR count). The first kappa shape index (κ1) is 39.5. The van der Waals surface area contributed by atoms with E-state index in [1.165, 1.54) is 42.1 Å². The molecular formula is C35H38ClN7O11. The Balaban J connectivity index is 1.36. The number of carbonyl (C=O) groups is 3. The van der Waals surface area contributed by atoms with E-state index in [2.05, 4.69) is 31.5 Å². The first-order chi connectivity index (χ1) is 25.9. The number of aromatic nitrogens is 4. The lowest BCUT2D eigenvalue weighted by Gasteiger charge is -2.30. The number of aliphatic hydroxyl groups excluding tert-OH is 2. The molecule has 3 heterocycles. The van der Waals surface area contributed by atoms with Crippen molar-refractivity contribution in [1.82, 2.24) is 24.8 Å². The molecule has 286 valence electrons. The maximum atomic E-state index is 12.5. The normalized spacial score (nSPS) is 14.8. The number of benzene rings is 2. The van der Waals surface area contributed by atoms with Gasteiger partial charge in [0.2, 0.25) is 5.28 Å². The summed E-state index contributed by atoms with van der Waals surface area (Å²) in [7, 11) is 3.05. The van der Waals surface area contributed by atoms with E-state index in [4.69, 9.17) is 37.0 Å². The second kappa shape index (κ2) is 17.4. The van der Waals surface area contributed by atoms with Crippen LogP contribution in [0.4, 0.5) is 16.3 Å². The molecule has 2 aromatic carbocycles. The van der Waals surface area contributed by atoms with Crippen LogP contribution in [0.3, 0.4) is 0 Å². The minimum Gasteiger partial charge on any atom is -0.497 e. The first-order valence-electron chi connectivity index (χ1n) is 16.4. The molecular weight excluding hydrogens is 730 g/mol. The molecule has 6 N–H and O–H groups in total. The van der Waals surface area contributed by atoms with E-state index >= 15 is 0 Å². The van der Waals surface area contributed by atoms with Crippen molar-refractivity contribution in [2.75, 3.05) is 50.7 Å². The maximum absolute atomic E-state index is 12.5. The zero-order valence-corrected chi connectivity index (χ0v) is 29.9. The second-order valence-corrected chi connectivity index (χ2v) is 12.3. The van der Waals surface area contributed by atoms with Gasteiger partial charge < -0.3 is 50.0 Å². The van der Waals surface area contributed by atoms with E-state index in [0.29, 0.717) is 30.3 Å². The zero-order chi connectivity index (χ0) is 39.0. The summed E-state index contributed by atoms with van der Waals surface area (Å²) >= 11 is 6.28. The number of methoxy groups -OCH3 is 2. The third kappa shape index (κ3) is 8.56. The molecule has 0 unspecified atom stereocenters. The second-order valence-electron chi connectivity index (χ2n) is 12.0. The number of fused-ring (bicyclic) bond motifs is 1. The highest BCUT2D eigenvalue weighted by atomic mass is 35.5. The van der Waals surface area contributed by atoms with E-state index in [-0.39, 0.29) is 40.4 Å². The summed E-state index contributed by atoms with van der Waals surface area (Å²) in [6, 6.07) is 11.1. The fraction of sp³-hybridized carbons (Fsp3) is 0.371. The molecule has 2 amide bonds. The van der Waals surface area contributed by atoms with E-state index in [9.17, 15) is 34.8 Å². The van der Waals surface area contributed by atoms with Crippen molar-refractivity contribution in [3.63, 3.8) is 0 Å². The average Bonchev–Trinajstić information content (AvgIpc) is 3.59. The van der Waals surface area contributed by atoms with E-state index < -0.39 is 55.6 Å². The molecule has 19 heteroatoms.